The molecule has 0 bridgehead atoms. The van der Waals surface area contributed by atoms with Gasteiger partial charge in [-0.2, -0.15) is 0 Å². The van der Waals surface area contributed by atoms with Crippen molar-refractivity contribution in [1.29, 1.82) is 0 Å². The van der Waals surface area contributed by atoms with Crippen molar-refractivity contribution in [3.05, 3.63) is 65.5 Å². The minimum atomic E-state index is -0.955. The highest BCUT2D eigenvalue weighted by Gasteiger charge is 2.34. The molecule has 30 heavy (non-hydrogen) atoms. The fourth-order valence-corrected chi connectivity index (χ4v) is 3.30. The van der Waals surface area contributed by atoms with Gasteiger partial charge >= 0.3 is 0 Å². The summed E-state index contributed by atoms with van der Waals surface area (Å²) >= 11 is 0. The van der Waals surface area contributed by atoms with Gasteiger partial charge in [0.25, 0.3) is 5.91 Å². The van der Waals surface area contributed by atoms with Gasteiger partial charge in [0.15, 0.2) is 0 Å². The van der Waals surface area contributed by atoms with E-state index in [1.807, 2.05) is 6.92 Å². The third-order valence-corrected chi connectivity index (χ3v) is 4.88. The zero-order chi connectivity index (χ0) is 21.5. The van der Waals surface area contributed by atoms with Crippen LogP contribution in [0.15, 0.2) is 48.5 Å². The zero-order valence-electron chi connectivity index (χ0n) is 16.7. The maximum atomic E-state index is 13.3. The quantitative estimate of drug-likeness (QED) is 0.645. The van der Waals surface area contributed by atoms with Crippen LogP contribution in [0.25, 0.3) is 0 Å². The zero-order valence-corrected chi connectivity index (χ0v) is 16.7. The fourth-order valence-electron chi connectivity index (χ4n) is 3.30. The standard InChI is InChI=1S/C22H25FN2O5/c1-2-29-11-10-25-19(13-30-14-20(25)26)21(27)15-6-8-18(9-7-15)24-22(28)16-4-3-5-17(23)12-16/h3-9,12,19,21,27H,2,10-11,13-14H2,1H3,(H,24,28)/t19-,21-/m1/s1. The van der Waals surface area contributed by atoms with E-state index >= 15 is 0 Å². The lowest BCUT2D eigenvalue weighted by atomic mass is 10.00. The molecule has 8 heteroatoms. The van der Waals surface area contributed by atoms with E-state index in [0.717, 1.165) is 6.07 Å². The van der Waals surface area contributed by atoms with Crippen molar-refractivity contribution < 1.29 is 28.6 Å². The molecule has 0 saturated carbocycles. The second-order valence-corrected chi connectivity index (χ2v) is 6.90. The van der Waals surface area contributed by atoms with Crippen molar-refractivity contribution in [2.45, 2.75) is 19.1 Å². The number of hydrogen-bond acceptors (Lipinski definition) is 5. The number of amides is 2. The smallest absolute Gasteiger partial charge is 0.255 e. The number of carbonyl (C=O) groups is 2. The van der Waals surface area contributed by atoms with Crippen LogP contribution in [0.3, 0.4) is 0 Å². The molecule has 0 aliphatic carbocycles. The van der Waals surface area contributed by atoms with Crippen molar-refractivity contribution >= 4 is 17.5 Å². The number of ether oxygens (including phenoxy) is 2. The van der Waals surface area contributed by atoms with E-state index < -0.39 is 23.9 Å². The summed E-state index contributed by atoms with van der Waals surface area (Å²) in [5.74, 6) is -1.11. The molecule has 0 spiro atoms. The van der Waals surface area contributed by atoms with Crippen molar-refractivity contribution in [3.63, 3.8) is 0 Å². The van der Waals surface area contributed by atoms with E-state index in [1.54, 1.807) is 29.2 Å². The Morgan fingerprint density at radius 3 is 2.80 bits per heavy atom. The highest BCUT2D eigenvalue weighted by Crippen LogP contribution is 2.25. The highest BCUT2D eigenvalue weighted by molar-refractivity contribution is 6.04. The molecule has 1 heterocycles. The van der Waals surface area contributed by atoms with Crippen LogP contribution in [0.4, 0.5) is 10.1 Å². The van der Waals surface area contributed by atoms with Crippen LogP contribution >= 0.6 is 0 Å². The Morgan fingerprint density at radius 1 is 1.33 bits per heavy atom. The molecule has 2 amide bonds. The molecular weight excluding hydrogens is 391 g/mol. The van der Waals surface area contributed by atoms with Crippen molar-refractivity contribution in [2.75, 3.05) is 38.3 Å². The number of aliphatic hydroxyl groups is 1. The first-order valence-corrected chi connectivity index (χ1v) is 9.79. The lowest BCUT2D eigenvalue weighted by molar-refractivity contribution is -0.155. The molecule has 0 radical (unpaired) electrons. The molecule has 1 aliphatic rings. The minimum Gasteiger partial charge on any atom is -0.386 e. The minimum absolute atomic E-state index is 0.0135. The monoisotopic (exact) mass is 416 g/mol. The fraction of sp³-hybridized carbons (Fsp3) is 0.364. The molecule has 0 unspecified atom stereocenters. The SMILES string of the molecule is CCOCCN1C(=O)COC[C@@H]1[C@H](O)c1ccc(NC(=O)c2cccc(F)c2)cc1. The van der Waals surface area contributed by atoms with Gasteiger partial charge in [-0.1, -0.05) is 18.2 Å². The summed E-state index contributed by atoms with van der Waals surface area (Å²) < 4.78 is 24.0. The molecule has 3 rings (SSSR count). The van der Waals surface area contributed by atoms with E-state index in [2.05, 4.69) is 5.32 Å². The van der Waals surface area contributed by atoms with Gasteiger partial charge in [-0.05, 0) is 42.8 Å². The largest absolute Gasteiger partial charge is 0.386 e. The predicted molar refractivity (Wildman–Crippen MR) is 109 cm³/mol. The number of aliphatic hydroxyl groups excluding tert-OH is 1. The molecule has 1 saturated heterocycles. The lowest BCUT2D eigenvalue weighted by Crippen LogP contribution is -2.53. The maximum Gasteiger partial charge on any atom is 0.255 e. The third-order valence-electron chi connectivity index (χ3n) is 4.88. The molecule has 2 aromatic rings. The first-order chi connectivity index (χ1) is 14.5. The van der Waals surface area contributed by atoms with Crippen LogP contribution in [0.1, 0.15) is 28.9 Å². The molecule has 7 nitrogen and oxygen atoms in total. The number of anilines is 1. The molecule has 2 N–H and O–H groups in total. The molecule has 1 fully saturated rings. The van der Waals surface area contributed by atoms with E-state index in [0.29, 0.717) is 31.0 Å². The maximum absolute atomic E-state index is 13.3. The Hall–Kier alpha value is -2.81. The normalized spacial score (nSPS) is 17.6. The van der Waals surface area contributed by atoms with Crippen LogP contribution in [0.2, 0.25) is 0 Å². The number of carbonyl (C=O) groups excluding carboxylic acids is 2. The Morgan fingerprint density at radius 2 is 2.10 bits per heavy atom. The molecule has 1 aliphatic heterocycles. The van der Waals surface area contributed by atoms with Gasteiger partial charge in [0, 0.05) is 24.4 Å². The third kappa shape index (κ3) is 5.41. The van der Waals surface area contributed by atoms with Crippen LogP contribution in [-0.4, -0.2) is 60.8 Å². The van der Waals surface area contributed by atoms with Crippen molar-refractivity contribution in [2.24, 2.45) is 0 Å². The van der Waals surface area contributed by atoms with E-state index in [4.69, 9.17) is 9.47 Å². The Bertz CT molecular complexity index is 874. The molecule has 2 aromatic carbocycles. The summed E-state index contributed by atoms with van der Waals surface area (Å²) in [4.78, 5) is 26.1. The van der Waals surface area contributed by atoms with Crippen molar-refractivity contribution in [1.82, 2.24) is 4.90 Å². The average Bonchev–Trinajstić information content (AvgIpc) is 2.75. The summed E-state index contributed by atoms with van der Waals surface area (Å²) in [5.41, 5.74) is 1.30. The summed E-state index contributed by atoms with van der Waals surface area (Å²) in [6.07, 6.45) is -0.955. The molecule has 0 aromatic heterocycles. The van der Waals surface area contributed by atoms with E-state index in [1.165, 1.54) is 18.2 Å². The summed E-state index contributed by atoms with van der Waals surface area (Å²) in [5, 5.41) is 13.5. The number of hydrogen-bond donors (Lipinski definition) is 2. The topological polar surface area (TPSA) is 88.1 Å². The summed E-state index contributed by atoms with van der Waals surface area (Å²) in [7, 11) is 0. The van der Waals surface area contributed by atoms with Gasteiger partial charge in [-0.15, -0.1) is 0 Å². The van der Waals surface area contributed by atoms with Crippen LogP contribution in [0, 0.1) is 5.82 Å². The highest BCUT2D eigenvalue weighted by atomic mass is 19.1. The molecule has 2 atom stereocenters. The number of rotatable bonds is 8. The van der Waals surface area contributed by atoms with Gasteiger partial charge in [-0.25, -0.2) is 4.39 Å². The second kappa shape index (κ2) is 10.3. The van der Waals surface area contributed by atoms with Gasteiger partial charge in [0.1, 0.15) is 18.5 Å². The Labute approximate surface area is 174 Å². The molecular formula is C22H25FN2O5. The Balaban J connectivity index is 1.66. The van der Waals surface area contributed by atoms with Gasteiger partial charge in [0.2, 0.25) is 5.91 Å². The van der Waals surface area contributed by atoms with Crippen LogP contribution in [-0.2, 0) is 14.3 Å². The van der Waals surface area contributed by atoms with Gasteiger partial charge < -0.3 is 24.8 Å². The van der Waals surface area contributed by atoms with Crippen LogP contribution < -0.4 is 5.32 Å². The van der Waals surface area contributed by atoms with Gasteiger partial charge in [0.05, 0.1) is 19.3 Å². The molecule has 160 valence electrons. The average molecular weight is 416 g/mol. The van der Waals surface area contributed by atoms with E-state index in [9.17, 15) is 19.1 Å². The number of nitrogens with one attached hydrogen (secondary N) is 1. The number of benzene rings is 2. The Kier molecular flexibility index (Phi) is 7.51. The van der Waals surface area contributed by atoms with Crippen molar-refractivity contribution in [3.8, 4) is 0 Å². The van der Waals surface area contributed by atoms with Crippen LogP contribution in [0.5, 0.6) is 0 Å². The first kappa shape index (κ1) is 21.9. The number of morpholine rings is 1. The summed E-state index contributed by atoms with van der Waals surface area (Å²) in [6, 6.07) is 11.5. The number of nitrogens with zero attached hydrogens (tertiary/aromatic N) is 1. The lowest BCUT2D eigenvalue weighted by Gasteiger charge is -2.38. The first-order valence-electron chi connectivity index (χ1n) is 9.79. The van der Waals surface area contributed by atoms with Gasteiger partial charge in [-0.3, -0.25) is 9.59 Å². The number of halogens is 1. The predicted octanol–water partition coefficient (Wildman–Crippen LogP) is 2.38. The second-order valence-electron chi connectivity index (χ2n) is 6.90. The van der Waals surface area contributed by atoms with E-state index in [-0.39, 0.29) is 24.7 Å². The summed E-state index contributed by atoms with van der Waals surface area (Å²) in [6.45, 7) is 3.39.